The third-order valence-corrected chi connectivity index (χ3v) is 2.82. The van der Waals surface area contributed by atoms with Crippen molar-refractivity contribution in [3.8, 4) is 0 Å². The summed E-state index contributed by atoms with van der Waals surface area (Å²) >= 11 is 5.79. The molecule has 0 bridgehead atoms. The van der Waals surface area contributed by atoms with Gasteiger partial charge >= 0.3 is 0 Å². The summed E-state index contributed by atoms with van der Waals surface area (Å²) in [7, 11) is 0. The van der Waals surface area contributed by atoms with Crippen LogP contribution in [0.1, 0.15) is 21.6 Å². The fourth-order valence-corrected chi connectivity index (χ4v) is 1.45. The van der Waals surface area contributed by atoms with E-state index in [0.717, 1.165) is 11.3 Å². The van der Waals surface area contributed by atoms with E-state index in [0.29, 0.717) is 11.4 Å². The van der Waals surface area contributed by atoms with Crippen molar-refractivity contribution in [2.75, 3.05) is 11.1 Å². The highest BCUT2D eigenvalue weighted by atomic mass is 35.5. The summed E-state index contributed by atoms with van der Waals surface area (Å²) in [6.07, 6.45) is 1.34. The molecule has 0 spiro atoms. The van der Waals surface area contributed by atoms with Gasteiger partial charge in [-0.05, 0) is 19.9 Å². The smallest absolute Gasteiger partial charge is 0.259 e. The van der Waals surface area contributed by atoms with E-state index in [1.807, 2.05) is 0 Å². The van der Waals surface area contributed by atoms with Crippen LogP contribution in [0.25, 0.3) is 0 Å². The molecule has 2 aromatic heterocycles. The molecule has 3 N–H and O–H groups in total. The maximum Gasteiger partial charge on any atom is 0.259 e. The third-order valence-electron chi connectivity index (χ3n) is 2.52. The molecule has 0 aromatic carbocycles. The van der Waals surface area contributed by atoms with Crippen molar-refractivity contribution in [2.24, 2.45) is 0 Å². The molecule has 94 valence electrons. The van der Waals surface area contributed by atoms with Crippen LogP contribution in [-0.2, 0) is 0 Å². The average Bonchev–Trinajstić information content (AvgIpc) is 2.64. The van der Waals surface area contributed by atoms with Gasteiger partial charge in [0, 0.05) is 11.8 Å². The summed E-state index contributed by atoms with van der Waals surface area (Å²) in [5.41, 5.74) is 7.26. The topological polar surface area (TPSA) is 94.0 Å². The number of aryl methyl sites for hydroxylation is 1. The number of nitrogens with zero attached hydrogens (tertiary/aromatic N) is 2. The standard InChI is InChI=1S/C11H11ClN4O2/c1-5-6(2)16-18-11(5)15-10(17)7-3-8(12)9(13)14-4-7/h3-4H,1-2H3,(H2,13,14)(H,15,17). The fourth-order valence-electron chi connectivity index (χ4n) is 1.28. The number of carbonyl (C=O) groups excluding carboxylic acids is 1. The van der Waals surface area contributed by atoms with Crippen molar-refractivity contribution >= 4 is 29.2 Å². The zero-order chi connectivity index (χ0) is 13.3. The van der Waals surface area contributed by atoms with Gasteiger partial charge in [-0.15, -0.1) is 0 Å². The van der Waals surface area contributed by atoms with E-state index in [4.69, 9.17) is 21.9 Å². The number of pyridine rings is 1. The molecule has 0 aliphatic heterocycles. The number of anilines is 2. The highest BCUT2D eigenvalue weighted by molar-refractivity contribution is 6.33. The Hall–Kier alpha value is -2.08. The first-order chi connectivity index (χ1) is 8.49. The molecule has 6 nitrogen and oxygen atoms in total. The number of rotatable bonds is 2. The molecule has 0 aliphatic rings. The Kier molecular flexibility index (Phi) is 3.20. The molecule has 0 unspecified atom stereocenters. The van der Waals surface area contributed by atoms with Gasteiger partial charge in [0.1, 0.15) is 5.82 Å². The molecule has 18 heavy (non-hydrogen) atoms. The molecule has 0 radical (unpaired) electrons. The maximum atomic E-state index is 11.9. The molecule has 2 heterocycles. The van der Waals surface area contributed by atoms with Crippen LogP contribution < -0.4 is 11.1 Å². The van der Waals surface area contributed by atoms with Crippen LogP contribution in [-0.4, -0.2) is 16.0 Å². The minimum absolute atomic E-state index is 0.180. The number of amides is 1. The lowest BCUT2D eigenvalue weighted by Gasteiger charge is -2.03. The summed E-state index contributed by atoms with van der Waals surface area (Å²) in [5.74, 6) is 0.106. The first-order valence-electron chi connectivity index (χ1n) is 5.14. The second-order valence-corrected chi connectivity index (χ2v) is 4.17. The zero-order valence-electron chi connectivity index (χ0n) is 9.82. The molecule has 0 fully saturated rings. The van der Waals surface area contributed by atoms with Gasteiger partial charge in [0.2, 0.25) is 5.88 Å². The third kappa shape index (κ3) is 2.28. The SMILES string of the molecule is Cc1noc(NC(=O)c2cnc(N)c(Cl)c2)c1C. The molecule has 2 rings (SSSR count). The van der Waals surface area contributed by atoms with Gasteiger partial charge in [0.05, 0.1) is 16.3 Å². The van der Waals surface area contributed by atoms with Crippen LogP contribution in [0.3, 0.4) is 0 Å². The first-order valence-corrected chi connectivity index (χ1v) is 5.52. The number of nitrogens with one attached hydrogen (secondary N) is 1. The predicted octanol–water partition coefficient (Wildman–Crippen LogP) is 2.17. The number of hydrogen-bond donors (Lipinski definition) is 2. The summed E-state index contributed by atoms with van der Waals surface area (Å²) in [6, 6.07) is 1.44. The van der Waals surface area contributed by atoms with Crippen LogP contribution in [0.5, 0.6) is 0 Å². The van der Waals surface area contributed by atoms with Crippen LogP contribution in [0.4, 0.5) is 11.7 Å². The molecule has 0 saturated heterocycles. The Labute approximate surface area is 108 Å². The first kappa shape index (κ1) is 12.4. The van der Waals surface area contributed by atoms with Gasteiger partial charge in [-0.3, -0.25) is 10.1 Å². The lowest BCUT2D eigenvalue weighted by molar-refractivity contribution is 0.102. The van der Waals surface area contributed by atoms with E-state index in [9.17, 15) is 4.79 Å². The summed E-state index contributed by atoms with van der Waals surface area (Å²) in [6.45, 7) is 3.59. The van der Waals surface area contributed by atoms with Gasteiger partial charge in [0.15, 0.2) is 0 Å². The fraction of sp³-hybridized carbons (Fsp3) is 0.182. The van der Waals surface area contributed by atoms with Gasteiger partial charge in [-0.2, -0.15) is 0 Å². The van der Waals surface area contributed by atoms with E-state index in [1.54, 1.807) is 13.8 Å². The highest BCUT2D eigenvalue weighted by Crippen LogP contribution is 2.20. The van der Waals surface area contributed by atoms with Crippen molar-refractivity contribution < 1.29 is 9.32 Å². The van der Waals surface area contributed by atoms with Crippen LogP contribution in [0.15, 0.2) is 16.8 Å². The zero-order valence-corrected chi connectivity index (χ0v) is 10.6. The minimum Gasteiger partial charge on any atom is -0.382 e. The van der Waals surface area contributed by atoms with E-state index in [2.05, 4.69) is 15.5 Å². The highest BCUT2D eigenvalue weighted by Gasteiger charge is 2.14. The monoisotopic (exact) mass is 266 g/mol. The van der Waals surface area contributed by atoms with Crippen LogP contribution in [0.2, 0.25) is 5.02 Å². The van der Waals surface area contributed by atoms with Crippen LogP contribution >= 0.6 is 11.6 Å². The van der Waals surface area contributed by atoms with E-state index < -0.39 is 0 Å². The molecular weight excluding hydrogens is 256 g/mol. The number of aromatic nitrogens is 2. The van der Waals surface area contributed by atoms with Gasteiger partial charge in [-0.1, -0.05) is 16.8 Å². The quantitative estimate of drug-likeness (QED) is 0.869. The second-order valence-electron chi connectivity index (χ2n) is 3.77. The molecular formula is C11H11ClN4O2. The van der Waals surface area contributed by atoms with Crippen molar-refractivity contribution in [2.45, 2.75) is 13.8 Å². The van der Waals surface area contributed by atoms with E-state index in [1.165, 1.54) is 12.3 Å². The lowest BCUT2D eigenvalue weighted by atomic mass is 10.2. The van der Waals surface area contributed by atoms with Gasteiger partial charge < -0.3 is 10.3 Å². The Morgan fingerprint density at radius 2 is 2.22 bits per heavy atom. The van der Waals surface area contributed by atoms with Crippen molar-refractivity contribution in [3.05, 3.63) is 34.1 Å². The van der Waals surface area contributed by atoms with Crippen molar-refractivity contribution in [3.63, 3.8) is 0 Å². The van der Waals surface area contributed by atoms with Crippen LogP contribution in [0, 0.1) is 13.8 Å². The van der Waals surface area contributed by atoms with E-state index >= 15 is 0 Å². The second kappa shape index (κ2) is 4.66. The normalized spacial score (nSPS) is 10.4. The van der Waals surface area contributed by atoms with Crippen molar-refractivity contribution in [1.82, 2.24) is 10.1 Å². The molecule has 2 aromatic rings. The molecule has 1 amide bonds. The Balaban J connectivity index is 2.22. The number of carbonyl (C=O) groups is 1. The largest absolute Gasteiger partial charge is 0.382 e. The van der Waals surface area contributed by atoms with Gasteiger partial charge in [0.25, 0.3) is 5.91 Å². The number of nitrogens with two attached hydrogens (primary N) is 1. The molecule has 0 atom stereocenters. The molecule has 0 saturated carbocycles. The Morgan fingerprint density at radius 1 is 1.50 bits per heavy atom. The van der Waals surface area contributed by atoms with Gasteiger partial charge in [-0.25, -0.2) is 4.98 Å². The van der Waals surface area contributed by atoms with E-state index in [-0.39, 0.29) is 16.7 Å². The Bertz CT molecular complexity index is 609. The average molecular weight is 267 g/mol. The Morgan fingerprint density at radius 3 is 2.78 bits per heavy atom. The number of hydrogen-bond acceptors (Lipinski definition) is 5. The minimum atomic E-state index is -0.386. The lowest BCUT2D eigenvalue weighted by Crippen LogP contribution is -2.12. The number of halogens is 1. The maximum absolute atomic E-state index is 11.9. The predicted molar refractivity (Wildman–Crippen MR) is 67.6 cm³/mol. The van der Waals surface area contributed by atoms with Crippen molar-refractivity contribution in [1.29, 1.82) is 0 Å². The summed E-state index contributed by atoms with van der Waals surface area (Å²) in [4.78, 5) is 15.7. The summed E-state index contributed by atoms with van der Waals surface area (Å²) < 4.78 is 4.98. The molecule has 0 aliphatic carbocycles. The summed E-state index contributed by atoms with van der Waals surface area (Å²) in [5, 5.41) is 6.56. The molecule has 7 heteroatoms. The number of nitrogen functional groups attached to an aromatic ring is 1.